The number of para-hydroxylation sites is 2. The smallest absolute Gasteiger partial charge is 0.123 e. The average molecular weight is 302 g/mol. The fraction of sp³-hybridized carbons (Fsp3) is 0.0500. The molecule has 0 saturated heterocycles. The fourth-order valence-corrected chi connectivity index (χ4v) is 2.82. The predicted molar refractivity (Wildman–Crippen MR) is 93.0 cm³/mol. The summed E-state index contributed by atoms with van der Waals surface area (Å²) in [6.45, 7) is 0.637. The first-order valence-corrected chi connectivity index (χ1v) is 7.57. The van der Waals surface area contributed by atoms with Gasteiger partial charge in [0.1, 0.15) is 5.82 Å². The molecule has 0 bridgehead atoms. The van der Waals surface area contributed by atoms with Crippen LogP contribution in [-0.4, -0.2) is 4.98 Å². The summed E-state index contributed by atoms with van der Waals surface area (Å²) in [5, 5.41) is 5.69. The van der Waals surface area contributed by atoms with Crippen molar-refractivity contribution in [2.45, 2.75) is 6.54 Å². The Labute approximate surface area is 133 Å². The van der Waals surface area contributed by atoms with Crippen molar-refractivity contribution in [2.75, 3.05) is 5.32 Å². The Hall–Kier alpha value is -2.94. The SMILES string of the molecule is Fc1ccc(CNc2c3ccccc3nc3ccccc23)cc1. The van der Waals surface area contributed by atoms with E-state index >= 15 is 0 Å². The summed E-state index contributed by atoms with van der Waals surface area (Å²) in [4.78, 5) is 4.72. The zero-order valence-electron chi connectivity index (χ0n) is 12.5. The van der Waals surface area contributed by atoms with E-state index in [0.717, 1.165) is 33.1 Å². The van der Waals surface area contributed by atoms with Crippen molar-refractivity contribution in [3.05, 3.63) is 84.2 Å². The number of anilines is 1. The number of nitrogens with one attached hydrogen (secondary N) is 1. The molecule has 0 saturated carbocycles. The van der Waals surface area contributed by atoms with E-state index in [1.165, 1.54) is 12.1 Å². The number of nitrogens with zero attached hydrogens (tertiary/aromatic N) is 1. The van der Waals surface area contributed by atoms with Gasteiger partial charge in [-0.3, -0.25) is 0 Å². The fourth-order valence-electron chi connectivity index (χ4n) is 2.82. The normalized spacial score (nSPS) is 11.0. The standard InChI is InChI=1S/C20H15FN2/c21-15-11-9-14(10-12-15)13-22-20-16-5-1-3-7-18(16)23-19-8-4-2-6-17(19)20/h1-12H,13H2,(H,22,23). The topological polar surface area (TPSA) is 24.9 Å². The second kappa shape index (κ2) is 5.69. The molecule has 112 valence electrons. The molecule has 23 heavy (non-hydrogen) atoms. The zero-order chi connectivity index (χ0) is 15.6. The number of benzene rings is 3. The van der Waals surface area contributed by atoms with Crippen LogP contribution in [0.15, 0.2) is 72.8 Å². The Morgan fingerprint density at radius 2 is 1.30 bits per heavy atom. The zero-order valence-corrected chi connectivity index (χ0v) is 12.5. The van der Waals surface area contributed by atoms with Gasteiger partial charge in [0.2, 0.25) is 0 Å². The second-order valence-electron chi connectivity index (χ2n) is 5.50. The van der Waals surface area contributed by atoms with Crippen LogP contribution >= 0.6 is 0 Å². The minimum absolute atomic E-state index is 0.214. The predicted octanol–water partition coefficient (Wildman–Crippen LogP) is 5.14. The van der Waals surface area contributed by atoms with Gasteiger partial charge in [-0.2, -0.15) is 0 Å². The molecule has 0 aliphatic heterocycles. The minimum atomic E-state index is -0.214. The van der Waals surface area contributed by atoms with E-state index in [-0.39, 0.29) is 5.82 Å². The molecule has 0 atom stereocenters. The van der Waals surface area contributed by atoms with Gasteiger partial charge in [-0.1, -0.05) is 48.5 Å². The van der Waals surface area contributed by atoms with Crippen LogP contribution in [0, 0.1) is 5.82 Å². The summed E-state index contributed by atoms with van der Waals surface area (Å²) in [6, 6.07) is 22.8. The van der Waals surface area contributed by atoms with Crippen molar-refractivity contribution in [1.82, 2.24) is 4.98 Å². The van der Waals surface area contributed by atoms with Crippen molar-refractivity contribution < 1.29 is 4.39 Å². The van der Waals surface area contributed by atoms with E-state index in [2.05, 4.69) is 17.4 Å². The third-order valence-electron chi connectivity index (χ3n) is 3.97. The van der Waals surface area contributed by atoms with Crippen LogP contribution in [0.25, 0.3) is 21.8 Å². The van der Waals surface area contributed by atoms with E-state index in [1.807, 2.05) is 36.4 Å². The van der Waals surface area contributed by atoms with Gasteiger partial charge in [0.15, 0.2) is 0 Å². The van der Waals surface area contributed by atoms with Gasteiger partial charge in [0.05, 0.1) is 16.7 Å². The first-order chi connectivity index (χ1) is 11.3. The van der Waals surface area contributed by atoms with Gasteiger partial charge >= 0.3 is 0 Å². The van der Waals surface area contributed by atoms with Gasteiger partial charge in [-0.05, 0) is 29.8 Å². The Bertz CT molecular complexity index is 924. The quantitative estimate of drug-likeness (QED) is 0.530. The molecule has 0 fully saturated rings. The maximum atomic E-state index is 13.0. The molecule has 4 rings (SSSR count). The van der Waals surface area contributed by atoms with Gasteiger partial charge in [0, 0.05) is 17.3 Å². The number of halogens is 1. The first kappa shape index (κ1) is 13.7. The Kier molecular flexibility index (Phi) is 3.39. The maximum absolute atomic E-state index is 13.0. The van der Waals surface area contributed by atoms with Crippen LogP contribution in [0.1, 0.15) is 5.56 Å². The van der Waals surface area contributed by atoms with Gasteiger partial charge in [-0.25, -0.2) is 9.37 Å². The summed E-state index contributed by atoms with van der Waals surface area (Å²) in [7, 11) is 0. The molecular weight excluding hydrogens is 287 g/mol. The van der Waals surface area contributed by atoms with Crippen molar-refractivity contribution in [3.8, 4) is 0 Å². The Morgan fingerprint density at radius 3 is 1.91 bits per heavy atom. The molecule has 0 spiro atoms. The summed E-state index contributed by atoms with van der Waals surface area (Å²) in [5.74, 6) is -0.214. The van der Waals surface area contributed by atoms with E-state index in [4.69, 9.17) is 4.98 Å². The van der Waals surface area contributed by atoms with Crippen molar-refractivity contribution in [1.29, 1.82) is 0 Å². The molecule has 1 N–H and O–H groups in total. The lowest BCUT2D eigenvalue weighted by Crippen LogP contribution is -2.01. The van der Waals surface area contributed by atoms with Crippen LogP contribution in [0.5, 0.6) is 0 Å². The number of fused-ring (bicyclic) bond motifs is 2. The molecule has 2 nitrogen and oxygen atoms in total. The molecule has 0 aliphatic rings. The number of pyridine rings is 1. The average Bonchev–Trinajstić information content (AvgIpc) is 2.60. The minimum Gasteiger partial charge on any atom is -0.380 e. The largest absolute Gasteiger partial charge is 0.380 e. The summed E-state index contributed by atoms with van der Waals surface area (Å²) in [6.07, 6.45) is 0. The third-order valence-corrected chi connectivity index (χ3v) is 3.97. The van der Waals surface area contributed by atoms with Crippen molar-refractivity contribution in [3.63, 3.8) is 0 Å². The Balaban J connectivity index is 1.81. The Morgan fingerprint density at radius 1 is 0.739 bits per heavy atom. The molecule has 4 aromatic rings. The molecule has 0 amide bonds. The number of rotatable bonds is 3. The molecule has 1 heterocycles. The number of hydrogen-bond donors (Lipinski definition) is 1. The maximum Gasteiger partial charge on any atom is 0.123 e. The summed E-state index contributed by atoms with van der Waals surface area (Å²) in [5.41, 5.74) is 4.03. The van der Waals surface area contributed by atoms with Crippen LogP contribution in [0.3, 0.4) is 0 Å². The lowest BCUT2D eigenvalue weighted by atomic mass is 10.1. The highest BCUT2D eigenvalue weighted by atomic mass is 19.1. The second-order valence-corrected chi connectivity index (χ2v) is 5.50. The molecule has 1 aromatic heterocycles. The van der Waals surface area contributed by atoms with E-state index in [0.29, 0.717) is 6.54 Å². The molecule has 3 aromatic carbocycles. The highest BCUT2D eigenvalue weighted by Gasteiger charge is 2.08. The number of aromatic nitrogens is 1. The number of hydrogen-bond acceptors (Lipinski definition) is 2. The molecule has 3 heteroatoms. The van der Waals surface area contributed by atoms with Gasteiger partial charge in [0.25, 0.3) is 0 Å². The van der Waals surface area contributed by atoms with Crippen LogP contribution < -0.4 is 5.32 Å². The van der Waals surface area contributed by atoms with Crippen molar-refractivity contribution in [2.24, 2.45) is 0 Å². The van der Waals surface area contributed by atoms with E-state index in [1.54, 1.807) is 12.1 Å². The molecular formula is C20H15FN2. The lowest BCUT2D eigenvalue weighted by molar-refractivity contribution is 0.627. The molecule has 0 unspecified atom stereocenters. The van der Waals surface area contributed by atoms with Crippen LogP contribution in [0.4, 0.5) is 10.1 Å². The first-order valence-electron chi connectivity index (χ1n) is 7.57. The van der Waals surface area contributed by atoms with Crippen molar-refractivity contribution >= 4 is 27.5 Å². The molecule has 0 radical (unpaired) electrons. The monoisotopic (exact) mass is 302 g/mol. The molecule has 0 aliphatic carbocycles. The highest BCUT2D eigenvalue weighted by Crippen LogP contribution is 2.30. The summed E-state index contributed by atoms with van der Waals surface area (Å²) >= 11 is 0. The van der Waals surface area contributed by atoms with Crippen LogP contribution in [0.2, 0.25) is 0 Å². The summed E-state index contributed by atoms with van der Waals surface area (Å²) < 4.78 is 13.0. The van der Waals surface area contributed by atoms with Crippen LogP contribution in [-0.2, 0) is 6.54 Å². The lowest BCUT2D eigenvalue weighted by Gasteiger charge is -2.13. The third kappa shape index (κ3) is 2.61. The van der Waals surface area contributed by atoms with E-state index in [9.17, 15) is 4.39 Å². The highest BCUT2D eigenvalue weighted by molar-refractivity contribution is 6.07. The van der Waals surface area contributed by atoms with Gasteiger partial charge < -0.3 is 5.32 Å². The van der Waals surface area contributed by atoms with Gasteiger partial charge in [-0.15, -0.1) is 0 Å². The van der Waals surface area contributed by atoms with E-state index < -0.39 is 0 Å².